The third-order valence-corrected chi connectivity index (χ3v) is 3.66. The van der Waals surface area contributed by atoms with Gasteiger partial charge in [0.15, 0.2) is 0 Å². The molecule has 112 valence electrons. The van der Waals surface area contributed by atoms with Crippen LogP contribution >= 0.6 is 0 Å². The molecule has 0 aromatic heterocycles. The van der Waals surface area contributed by atoms with Crippen LogP contribution in [-0.4, -0.2) is 6.04 Å². The second-order valence-corrected chi connectivity index (χ2v) is 5.24. The van der Waals surface area contributed by atoms with E-state index >= 15 is 0 Å². The minimum Gasteiger partial charge on any atom is -0.364 e. The summed E-state index contributed by atoms with van der Waals surface area (Å²) < 4.78 is 19.6. The van der Waals surface area contributed by atoms with E-state index < -0.39 is 0 Å². The van der Waals surface area contributed by atoms with Crippen LogP contribution in [0.15, 0.2) is 54.6 Å². The molecule has 0 aliphatic heterocycles. The minimum atomic E-state index is -0.319. The maximum atomic E-state index is 13.5. The van der Waals surface area contributed by atoms with E-state index in [0.717, 1.165) is 17.5 Å². The van der Waals surface area contributed by atoms with Crippen molar-refractivity contribution in [1.82, 2.24) is 0 Å². The molecule has 2 aromatic carbocycles. The van der Waals surface area contributed by atoms with Gasteiger partial charge in [-0.3, -0.25) is 0 Å². The minimum absolute atomic E-state index is 0.0999. The van der Waals surface area contributed by atoms with E-state index in [9.17, 15) is 4.39 Å². The van der Waals surface area contributed by atoms with Crippen LogP contribution in [0, 0.1) is 5.82 Å². The lowest BCUT2D eigenvalue weighted by molar-refractivity contribution is -0.0200. The molecule has 2 rings (SSSR count). The number of halogens is 1. The molecule has 3 heteroatoms. The number of rotatable bonds is 6. The first-order valence-corrected chi connectivity index (χ1v) is 7.33. The predicted molar refractivity (Wildman–Crippen MR) is 83.3 cm³/mol. The summed E-state index contributed by atoms with van der Waals surface area (Å²) in [6.45, 7) is 4.00. The van der Waals surface area contributed by atoms with E-state index in [1.165, 1.54) is 12.1 Å². The van der Waals surface area contributed by atoms with E-state index in [4.69, 9.17) is 10.5 Å². The van der Waals surface area contributed by atoms with E-state index in [-0.39, 0.29) is 24.1 Å². The van der Waals surface area contributed by atoms with Crippen LogP contribution in [-0.2, 0) is 4.74 Å². The van der Waals surface area contributed by atoms with E-state index in [1.54, 1.807) is 6.07 Å². The first-order valence-electron chi connectivity index (χ1n) is 7.33. The fourth-order valence-corrected chi connectivity index (χ4v) is 2.35. The quantitative estimate of drug-likeness (QED) is 0.855. The van der Waals surface area contributed by atoms with E-state index in [0.29, 0.717) is 0 Å². The molecule has 0 aliphatic carbocycles. The van der Waals surface area contributed by atoms with Gasteiger partial charge in [0.2, 0.25) is 0 Å². The lowest BCUT2D eigenvalue weighted by Crippen LogP contribution is -2.30. The van der Waals surface area contributed by atoms with Gasteiger partial charge in [0.25, 0.3) is 0 Å². The average molecular weight is 287 g/mol. The molecule has 3 atom stereocenters. The average Bonchev–Trinajstić information content (AvgIpc) is 2.52. The number of hydrogen-bond donors (Lipinski definition) is 1. The van der Waals surface area contributed by atoms with Gasteiger partial charge in [-0.1, -0.05) is 49.4 Å². The summed E-state index contributed by atoms with van der Waals surface area (Å²) in [4.78, 5) is 0. The third kappa shape index (κ3) is 4.13. The van der Waals surface area contributed by atoms with Crippen LogP contribution in [0.1, 0.15) is 43.6 Å². The van der Waals surface area contributed by atoms with E-state index in [2.05, 4.69) is 0 Å². The Balaban J connectivity index is 2.21. The van der Waals surface area contributed by atoms with Crippen LogP contribution in [0.4, 0.5) is 4.39 Å². The summed E-state index contributed by atoms with van der Waals surface area (Å²) in [6.07, 6.45) is 0.348. The molecule has 21 heavy (non-hydrogen) atoms. The molecule has 2 aromatic rings. The Hall–Kier alpha value is -1.71. The second-order valence-electron chi connectivity index (χ2n) is 5.24. The van der Waals surface area contributed by atoms with Gasteiger partial charge in [-0.05, 0) is 36.6 Å². The van der Waals surface area contributed by atoms with Gasteiger partial charge in [-0.15, -0.1) is 0 Å². The molecule has 2 nitrogen and oxygen atoms in total. The van der Waals surface area contributed by atoms with Crippen LogP contribution in [0.25, 0.3) is 0 Å². The Kier molecular flexibility index (Phi) is 5.48. The number of hydrogen-bond acceptors (Lipinski definition) is 2. The predicted octanol–water partition coefficient (Wildman–Crippen LogP) is 4.38. The van der Waals surface area contributed by atoms with Crippen molar-refractivity contribution in [2.75, 3.05) is 0 Å². The zero-order valence-corrected chi connectivity index (χ0v) is 12.5. The Morgan fingerprint density at radius 3 is 2.33 bits per heavy atom. The Morgan fingerprint density at radius 1 is 1.05 bits per heavy atom. The molecule has 2 N–H and O–H groups in total. The normalized spacial score (nSPS) is 15.4. The maximum Gasteiger partial charge on any atom is 0.123 e. The van der Waals surface area contributed by atoms with Crippen LogP contribution < -0.4 is 5.73 Å². The van der Waals surface area contributed by atoms with Crippen molar-refractivity contribution < 1.29 is 9.13 Å². The fourth-order valence-electron chi connectivity index (χ4n) is 2.35. The van der Waals surface area contributed by atoms with Crippen LogP contribution in [0.2, 0.25) is 0 Å². The number of nitrogens with two attached hydrogens (primary N) is 1. The molecular weight excluding hydrogens is 265 g/mol. The lowest BCUT2D eigenvalue weighted by Gasteiger charge is -2.27. The Morgan fingerprint density at radius 2 is 1.71 bits per heavy atom. The first kappa shape index (κ1) is 15.7. The molecule has 0 bridgehead atoms. The zero-order valence-electron chi connectivity index (χ0n) is 12.5. The molecule has 0 aliphatic rings. The monoisotopic (exact) mass is 287 g/mol. The van der Waals surface area contributed by atoms with Gasteiger partial charge in [0, 0.05) is 6.04 Å². The van der Waals surface area contributed by atoms with Crippen molar-refractivity contribution in [3.63, 3.8) is 0 Å². The molecule has 0 fully saturated rings. The van der Waals surface area contributed by atoms with Gasteiger partial charge >= 0.3 is 0 Å². The highest BCUT2D eigenvalue weighted by atomic mass is 19.1. The highest BCUT2D eigenvalue weighted by Gasteiger charge is 2.22. The van der Waals surface area contributed by atoms with Crippen molar-refractivity contribution in [3.05, 3.63) is 71.5 Å². The molecule has 0 saturated carbocycles. The molecule has 0 radical (unpaired) electrons. The summed E-state index contributed by atoms with van der Waals surface area (Å²) in [6, 6.07) is 16.3. The van der Waals surface area contributed by atoms with Gasteiger partial charge in [0.1, 0.15) is 5.82 Å². The molecule has 0 spiro atoms. The molecular formula is C18H22FNO. The SMILES string of the molecule is CCC(N)C(OC(C)c1ccccc1)c1cccc(F)c1. The Bertz CT molecular complexity index is 558. The largest absolute Gasteiger partial charge is 0.364 e. The molecule has 0 heterocycles. The second kappa shape index (κ2) is 7.34. The van der Waals surface area contributed by atoms with Crippen molar-refractivity contribution in [1.29, 1.82) is 0 Å². The van der Waals surface area contributed by atoms with Crippen molar-refractivity contribution in [2.45, 2.75) is 38.5 Å². The summed E-state index contributed by atoms with van der Waals surface area (Å²) in [5.41, 5.74) is 8.05. The summed E-state index contributed by atoms with van der Waals surface area (Å²) in [7, 11) is 0. The molecule has 3 unspecified atom stereocenters. The maximum absolute atomic E-state index is 13.5. The topological polar surface area (TPSA) is 35.2 Å². The van der Waals surface area contributed by atoms with Crippen molar-refractivity contribution in [2.24, 2.45) is 5.73 Å². The molecule has 0 amide bonds. The third-order valence-electron chi connectivity index (χ3n) is 3.66. The summed E-state index contributed by atoms with van der Waals surface area (Å²) in [5, 5.41) is 0. The highest BCUT2D eigenvalue weighted by molar-refractivity contribution is 5.22. The Labute approximate surface area is 125 Å². The van der Waals surface area contributed by atoms with Gasteiger partial charge in [-0.2, -0.15) is 0 Å². The zero-order chi connectivity index (χ0) is 15.2. The van der Waals surface area contributed by atoms with Crippen molar-refractivity contribution >= 4 is 0 Å². The van der Waals surface area contributed by atoms with E-state index in [1.807, 2.05) is 50.2 Å². The fraction of sp³-hybridized carbons (Fsp3) is 0.333. The number of ether oxygens (including phenoxy) is 1. The standard InChI is InChI=1S/C18H22FNO/c1-3-17(20)18(15-10-7-11-16(19)12-15)21-13(2)14-8-5-4-6-9-14/h4-13,17-18H,3,20H2,1-2H3. The van der Waals surface area contributed by atoms with Crippen molar-refractivity contribution in [3.8, 4) is 0 Å². The summed E-state index contributed by atoms with van der Waals surface area (Å²) in [5.74, 6) is -0.267. The van der Waals surface area contributed by atoms with Crippen LogP contribution in [0.5, 0.6) is 0 Å². The van der Waals surface area contributed by atoms with Gasteiger partial charge < -0.3 is 10.5 Å². The number of benzene rings is 2. The first-order chi connectivity index (χ1) is 10.1. The smallest absolute Gasteiger partial charge is 0.123 e. The van der Waals surface area contributed by atoms with Gasteiger partial charge in [0.05, 0.1) is 12.2 Å². The highest BCUT2D eigenvalue weighted by Crippen LogP contribution is 2.29. The summed E-state index contributed by atoms with van der Waals surface area (Å²) >= 11 is 0. The molecule has 0 saturated heterocycles. The van der Waals surface area contributed by atoms with Gasteiger partial charge in [-0.25, -0.2) is 4.39 Å². The lowest BCUT2D eigenvalue weighted by atomic mass is 10.00. The van der Waals surface area contributed by atoms with Crippen LogP contribution in [0.3, 0.4) is 0 Å².